The second-order valence-electron chi connectivity index (χ2n) is 6.78. The Kier molecular flexibility index (Phi) is 5.58. The Hall–Kier alpha value is -2.42. The van der Waals surface area contributed by atoms with Crippen molar-refractivity contribution in [1.29, 1.82) is 0 Å². The van der Waals surface area contributed by atoms with E-state index in [9.17, 15) is 14.3 Å². The minimum absolute atomic E-state index is 0.00274. The van der Waals surface area contributed by atoms with E-state index in [4.69, 9.17) is 23.2 Å². The maximum absolute atomic E-state index is 14.8. The van der Waals surface area contributed by atoms with E-state index in [0.29, 0.717) is 43.4 Å². The van der Waals surface area contributed by atoms with Gasteiger partial charge in [-0.15, -0.1) is 0 Å². The molecule has 0 bridgehead atoms. The molecule has 4 rings (SSSR count). The number of nitrogens with zero attached hydrogens (tertiary/aromatic N) is 5. The molecule has 152 valence electrons. The number of piperazine rings is 1. The highest BCUT2D eigenvalue weighted by Gasteiger charge is 2.36. The van der Waals surface area contributed by atoms with E-state index >= 15 is 0 Å². The fraction of sp³-hybridized carbons (Fsp3) is 0.316. The van der Waals surface area contributed by atoms with Crippen molar-refractivity contribution < 1.29 is 14.3 Å². The highest BCUT2D eigenvalue weighted by Crippen LogP contribution is 2.32. The number of carbonyl (C=O) groups is 1. The van der Waals surface area contributed by atoms with Gasteiger partial charge in [-0.2, -0.15) is 0 Å². The summed E-state index contributed by atoms with van der Waals surface area (Å²) in [5.74, 6) is -0.297. The molecule has 1 saturated heterocycles. The van der Waals surface area contributed by atoms with Gasteiger partial charge in [-0.1, -0.05) is 29.3 Å². The molecule has 1 amide bonds. The number of rotatable bonds is 4. The van der Waals surface area contributed by atoms with Crippen molar-refractivity contribution in [3.05, 3.63) is 58.1 Å². The molecule has 1 unspecified atom stereocenters. The summed E-state index contributed by atoms with van der Waals surface area (Å²) in [5.41, 5.74) is 1.02. The van der Waals surface area contributed by atoms with Crippen LogP contribution in [0.3, 0.4) is 0 Å². The van der Waals surface area contributed by atoms with Crippen LogP contribution in [0.15, 0.2) is 46.7 Å². The molecule has 0 aliphatic carbocycles. The third kappa shape index (κ3) is 3.88. The summed E-state index contributed by atoms with van der Waals surface area (Å²) in [6, 6.07) is 6.54. The van der Waals surface area contributed by atoms with Crippen molar-refractivity contribution in [2.45, 2.75) is 12.8 Å². The summed E-state index contributed by atoms with van der Waals surface area (Å²) >= 11 is 11.6. The number of halogens is 3. The molecule has 29 heavy (non-hydrogen) atoms. The zero-order valence-corrected chi connectivity index (χ0v) is 16.8. The van der Waals surface area contributed by atoms with Gasteiger partial charge in [-0.25, -0.2) is 14.4 Å². The molecule has 3 heterocycles. The van der Waals surface area contributed by atoms with Crippen LogP contribution < -0.4 is 9.80 Å². The Morgan fingerprint density at radius 3 is 2.34 bits per heavy atom. The number of aliphatic hydroxyl groups excluding tert-OH is 1. The van der Waals surface area contributed by atoms with E-state index < -0.39 is 18.0 Å². The van der Waals surface area contributed by atoms with Gasteiger partial charge in [-0.3, -0.25) is 4.79 Å². The van der Waals surface area contributed by atoms with E-state index in [1.54, 1.807) is 30.6 Å². The van der Waals surface area contributed by atoms with E-state index in [-0.39, 0.29) is 16.6 Å². The standard InChI is InChI=1S/C19H18Cl2FN5O2/c20-15-16(21)18(29)27(17(15)28)11-12-2-3-14(13(22)10-12)25-6-8-26(9-7-25)19-23-4-1-5-24-19/h1-5,10,17,28H,6-9,11H2. The van der Waals surface area contributed by atoms with Gasteiger partial charge in [-0.05, 0) is 23.8 Å². The van der Waals surface area contributed by atoms with Crippen LogP contribution in [0.1, 0.15) is 5.56 Å². The summed E-state index contributed by atoms with van der Waals surface area (Å²) in [5, 5.41) is 9.69. The highest BCUT2D eigenvalue weighted by atomic mass is 35.5. The van der Waals surface area contributed by atoms with Crippen LogP contribution in [-0.4, -0.2) is 58.3 Å². The van der Waals surface area contributed by atoms with Gasteiger partial charge < -0.3 is 19.8 Å². The molecule has 1 aromatic carbocycles. The molecule has 0 spiro atoms. The topological polar surface area (TPSA) is 72.8 Å². The maximum Gasteiger partial charge on any atom is 0.269 e. The number of aromatic nitrogens is 2. The van der Waals surface area contributed by atoms with Crippen molar-refractivity contribution in [2.24, 2.45) is 0 Å². The zero-order chi connectivity index (χ0) is 20.5. The molecule has 2 aliphatic heterocycles. The smallest absolute Gasteiger partial charge is 0.269 e. The largest absolute Gasteiger partial charge is 0.368 e. The SMILES string of the molecule is O=C1C(Cl)=C(Cl)C(O)N1Cc1ccc(N2CCN(c3ncccn3)CC2)c(F)c1. The molecule has 1 atom stereocenters. The Bertz CT molecular complexity index is 951. The van der Waals surface area contributed by atoms with Crippen LogP contribution in [0.5, 0.6) is 0 Å². The summed E-state index contributed by atoms with van der Waals surface area (Å²) in [7, 11) is 0. The van der Waals surface area contributed by atoms with E-state index in [0.717, 1.165) is 4.90 Å². The predicted octanol–water partition coefficient (Wildman–Crippen LogP) is 2.29. The molecule has 1 fully saturated rings. The van der Waals surface area contributed by atoms with Crippen molar-refractivity contribution in [1.82, 2.24) is 14.9 Å². The number of carbonyl (C=O) groups excluding carboxylic acids is 1. The molecular formula is C19H18Cl2FN5O2. The maximum atomic E-state index is 14.8. The van der Waals surface area contributed by atoms with Gasteiger partial charge in [0.05, 0.1) is 10.7 Å². The van der Waals surface area contributed by atoms with Crippen LogP contribution in [0.4, 0.5) is 16.0 Å². The van der Waals surface area contributed by atoms with E-state index in [1.807, 2.05) is 4.90 Å². The highest BCUT2D eigenvalue weighted by molar-refractivity contribution is 6.49. The predicted molar refractivity (Wildman–Crippen MR) is 108 cm³/mol. The Balaban J connectivity index is 1.42. The molecule has 2 aliphatic rings. The van der Waals surface area contributed by atoms with Crippen LogP contribution in [0.2, 0.25) is 0 Å². The van der Waals surface area contributed by atoms with Crippen LogP contribution >= 0.6 is 23.2 Å². The molecule has 7 nitrogen and oxygen atoms in total. The van der Waals surface area contributed by atoms with Crippen LogP contribution in [-0.2, 0) is 11.3 Å². The van der Waals surface area contributed by atoms with E-state index in [2.05, 4.69) is 14.9 Å². The van der Waals surface area contributed by atoms with Crippen molar-refractivity contribution in [2.75, 3.05) is 36.0 Å². The molecule has 1 aromatic heterocycles. The number of amides is 1. The van der Waals surface area contributed by atoms with Gasteiger partial charge in [0.1, 0.15) is 10.8 Å². The Labute approximate surface area is 177 Å². The van der Waals surface area contributed by atoms with Gasteiger partial charge in [0, 0.05) is 45.1 Å². The minimum Gasteiger partial charge on any atom is -0.368 e. The lowest BCUT2D eigenvalue weighted by atomic mass is 10.1. The fourth-order valence-electron chi connectivity index (χ4n) is 3.45. The second kappa shape index (κ2) is 8.14. The number of benzene rings is 1. The molecule has 2 aromatic rings. The third-order valence-electron chi connectivity index (χ3n) is 5.00. The van der Waals surface area contributed by atoms with Crippen molar-refractivity contribution >= 4 is 40.7 Å². The molecule has 0 saturated carbocycles. The Morgan fingerprint density at radius 2 is 1.76 bits per heavy atom. The third-order valence-corrected chi connectivity index (χ3v) is 5.85. The Morgan fingerprint density at radius 1 is 1.10 bits per heavy atom. The zero-order valence-electron chi connectivity index (χ0n) is 15.3. The molecule has 0 radical (unpaired) electrons. The average molecular weight is 438 g/mol. The lowest BCUT2D eigenvalue weighted by Gasteiger charge is -2.36. The lowest BCUT2D eigenvalue weighted by Crippen LogP contribution is -2.47. The summed E-state index contributed by atoms with van der Waals surface area (Å²) in [4.78, 5) is 25.7. The first-order valence-electron chi connectivity index (χ1n) is 9.05. The molecule has 10 heteroatoms. The van der Waals surface area contributed by atoms with Gasteiger partial charge >= 0.3 is 0 Å². The van der Waals surface area contributed by atoms with Gasteiger partial charge in [0.25, 0.3) is 5.91 Å². The number of hydrogen-bond donors (Lipinski definition) is 1. The van der Waals surface area contributed by atoms with Crippen molar-refractivity contribution in [3.63, 3.8) is 0 Å². The first-order valence-corrected chi connectivity index (χ1v) is 9.81. The van der Waals surface area contributed by atoms with Crippen LogP contribution in [0, 0.1) is 5.82 Å². The first kappa shape index (κ1) is 19.9. The second-order valence-corrected chi connectivity index (χ2v) is 7.56. The normalized spacial score (nSPS) is 20.1. The minimum atomic E-state index is -1.31. The van der Waals surface area contributed by atoms with Crippen molar-refractivity contribution in [3.8, 4) is 0 Å². The summed E-state index contributed by atoms with van der Waals surface area (Å²) in [6.07, 6.45) is 2.09. The van der Waals surface area contributed by atoms with E-state index in [1.165, 1.54) is 6.07 Å². The number of anilines is 2. The van der Waals surface area contributed by atoms with Gasteiger partial charge in [0.15, 0.2) is 6.23 Å². The van der Waals surface area contributed by atoms with Gasteiger partial charge in [0.2, 0.25) is 5.95 Å². The average Bonchev–Trinajstić information content (AvgIpc) is 2.93. The molecule has 1 N–H and O–H groups in total. The number of hydrogen-bond acceptors (Lipinski definition) is 6. The molecular weight excluding hydrogens is 420 g/mol. The summed E-state index contributed by atoms with van der Waals surface area (Å²) in [6.45, 7) is 2.63. The van der Waals surface area contributed by atoms with Crippen LogP contribution in [0.25, 0.3) is 0 Å². The first-order chi connectivity index (χ1) is 14.0. The quantitative estimate of drug-likeness (QED) is 0.790. The summed E-state index contributed by atoms with van der Waals surface area (Å²) < 4.78 is 14.8. The monoisotopic (exact) mass is 437 g/mol. The fourth-order valence-corrected chi connectivity index (χ4v) is 3.86. The number of aliphatic hydroxyl groups is 1. The lowest BCUT2D eigenvalue weighted by molar-refractivity contribution is -0.132.